The zero-order valence-corrected chi connectivity index (χ0v) is 10.9. The molecule has 3 nitrogen and oxygen atoms in total. The molecule has 0 bridgehead atoms. The smallest absolute Gasteiger partial charge is 0.0628 e. The number of pyridine rings is 1. The fraction of sp³-hybridized carbons (Fsp3) is 0.312. The maximum Gasteiger partial charge on any atom is 0.0628 e. The lowest BCUT2D eigenvalue weighted by atomic mass is 9.92. The van der Waals surface area contributed by atoms with Crippen LogP contribution in [0.15, 0.2) is 48.8 Å². The Kier molecular flexibility index (Phi) is 3.58. The van der Waals surface area contributed by atoms with E-state index in [-0.39, 0.29) is 12.6 Å². The van der Waals surface area contributed by atoms with E-state index in [0.717, 1.165) is 19.5 Å². The zero-order valence-electron chi connectivity index (χ0n) is 10.9. The van der Waals surface area contributed by atoms with Gasteiger partial charge in [0.1, 0.15) is 0 Å². The molecule has 0 radical (unpaired) electrons. The van der Waals surface area contributed by atoms with Crippen molar-refractivity contribution in [2.45, 2.75) is 19.0 Å². The van der Waals surface area contributed by atoms with E-state index in [2.05, 4.69) is 40.2 Å². The Hall–Kier alpha value is -1.71. The minimum Gasteiger partial charge on any atom is -0.394 e. The van der Waals surface area contributed by atoms with Crippen molar-refractivity contribution < 1.29 is 5.11 Å². The summed E-state index contributed by atoms with van der Waals surface area (Å²) >= 11 is 0. The fourth-order valence-electron chi connectivity index (χ4n) is 2.83. The largest absolute Gasteiger partial charge is 0.394 e. The van der Waals surface area contributed by atoms with E-state index >= 15 is 0 Å². The highest BCUT2D eigenvalue weighted by molar-refractivity contribution is 5.32. The molecule has 0 fully saturated rings. The van der Waals surface area contributed by atoms with Crippen molar-refractivity contribution in [2.75, 3.05) is 13.2 Å². The molecule has 0 saturated heterocycles. The molecule has 0 amide bonds. The molecule has 1 N–H and O–H groups in total. The van der Waals surface area contributed by atoms with Gasteiger partial charge in [-0.2, -0.15) is 0 Å². The van der Waals surface area contributed by atoms with E-state index in [9.17, 15) is 5.11 Å². The van der Waals surface area contributed by atoms with Gasteiger partial charge < -0.3 is 5.11 Å². The predicted molar refractivity (Wildman–Crippen MR) is 74.6 cm³/mol. The number of benzene rings is 1. The van der Waals surface area contributed by atoms with E-state index in [0.29, 0.717) is 0 Å². The summed E-state index contributed by atoms with van der Waals surface area (Å²) in [6.45, 7) is 1.99. The highest BCUT2D eigenvalue weighted by Crippen LogP contribution is 2.30. The quantitative estimate of drug-likeness (QED) is 0.912. The van der Waals surface area contributed by atoms with Crippen LogP contribution in [-0.2, 0) is 13.0 Å². The molecule has 2 heterocycles. The SMILES string of the molecule is OCC1c2ccccc2CCN1Cc1cccnc1. The Morgan fingerprint density at radius 1 is 1.21 bits per heavy atom. The molecule has 0 saturated carbocycles. The van der Waals surface area contributed by atoms with Gasteiger partial charge in [-0.15, -0.1) is 0 Å². The molecule has 1 aromatic carbocycles. The number of hydrogen-bond acceptors (Lipinski definition) is 3. The minimum absolute atomic E-state index is 0.102. The van der Waals surface area contributed by atoms with Crippen LogP contribution < -0.4 is 0 Å². The summed E-state index contributed by atoms with van der Waals surface area (Å²) in [6, 6.07) is 12.6. The van der Waals surface area contributed by atoms with Crippen molar-refractivity contribution in [1.82, 2.24) is 9.88 Å². The fourth-order valence-corrected chi connectivity index (χ4v) is 2.83. The summed E-state index contributed by atoms with van der Waals surface area (Å²) < 4.78 is 0. The number of hydrogen-bond donors (Lipinski definition) is 1. The van der Waals surface area contributed by atoms with Crippen molar-refractivity contribution in [3.05, 3.63) is 65.5 Å². The van der Waals surface area contributed by atoms with Crippen molar-refractivity contribution in [1.29, 1.82) is 0 Å². The van der Waals surface area contributed by atoms with Crippen LogP contribution in [0.2, 0.25) is 0 Å². The van der Waals surface area contributed by atoms with E-state index in [4.69, 9.17) is 0 Å². The third-order valence-electron chi connectivity index (χ3n) is 3.80. The number of aromatic nitrogens is 1. The van der Waals surface area contributed by atoms with Crippen LogP contribution in [0.5, 0.6) is 0 Å². The zero-order chi connectivity index (χ0) is 13.1. The van der Waals surface area contributed by atoms with Gasteiger partial charge in [-0.3, -0.25) is 9.88 Å². The molecule has 3 rings (SSSR count). The van der Waals surface area contributed by atoms with E-state index in [1.165, 1.54) is 16.7 Å². The molecular formula is C16H18N2O. The summed E-state index contributed by atoms with van der Waals surface area (Å²) in [5.41, 5.74) is 3.82. The maximum atomic E-state index is 9.73. The van der Waals surface area contributed by atoms with E-state index in [1.54, 1.807) is 6.20 Å². The molecule has 3 heteroatoms. The molecule has 1 aliphatic heterocycles. The van der Waals surface area contributed by atoms with Gasteiger partial charge >= 0.3 is 0 Å². The first-order valence-electron chi connectivity index (χ1n) is 6.70. The first-order valence-corrected chi connectivity index (χ1v) is 6.70. The van der Waals surface area contributed by atoms with Crippen LogP contribution in [0.25, 0.3) is 0 Å². The second kappa shape index (κ2) is 5.51. The van der Waals surface area contributed by atoms with Gasteiger partial charge in [0.25, 0.3) is 0 Å². The molecule has 98 valence electrons. The Morgan fingerprint density at radius 3 is 2.89 bits per heavy atom. The van der Waals surface area contributed by atoms with Crippen LogP contribution in [0, 0.1) is 0 Å². The third-order valence-corrected chi connectivity index (χ3v) is 3.80. The van der Waals surface area contributed by atoms with Gasteiger partial charge in [0.2, 0.25) is 0 Å². The first-order chi connectivity index (χ1) is 9.38. The van der Waals surface area contributed by atoms with Crippen molar-refractivity contribution >= 4 is 0 Å². The summed E-state index contributed by atoms with van der Waals surface area (Å²) in [5.74, 6) is 0. The molecule has 19 heavy (non-hydrogen) atoms. The minimum atomic E-state index is 0.102. The number of nitrogens with zero attached hydrogens (tertiary/aromatic N) is 2. The second-order valence-electron chi connectivity index (χ2n) is 4.98. The molecule has 1 unspecified atom stereocenters. The Balaban J connectivity index is 1.84. The molecule has 2 aromatic rings. The van der Waals surface area contributed by atoms with Crippen LogP contribution in [0.1, 0.15) is 22.7 Å². The van der Waals surface area contributed by atoms with Crippen LogP contribution >= 0.6 is 0 Å². The molecule has 0 aliphatic carbocycles. The van der Waals surface area contributed by atoms with E-state index in [1.807, 2.05) is 12.3 Å². The third kappa shape index (κ3) is 2.53. The lowest BCUT2D eigenvalue weighted by Crippen LogP contribution is -2.36. The molecular weight excluding hydrogens is 236 g/mol. The molecule has 1 aromatic heterocycles. The first kappa shape index (κ1) is 12.3. The number of aliphatic hydroxyl groups excluding tert-OH is 1. The highest BCUT2D eigenvalue weighted by Gasteiger charge is 2.26. The number of rotatable bonds is 3. The standard InChI is InChI=1S/C16H18N2O/c19-12-16-15-6-2-1-5-14(15)7-9-18(16)11-13-4-3-8-17-10-13/h1-6,8,10,16,19H,7,9,11-12H2. The van der Waals surface area contributed by atoms with Gasteiger partial charge in [-0.25, -0.2) is 0 Å². The normalized spacial score (nSPS) is 19.1. The van der Waals surface area contributed by atoms with Crippen LogP contribution in [0.3, 0.4) is 0 Å². The second-order valence-corrected chi connectivity index (χ2v) is 4.98. The molecule has 1 aliphatic rings. The molecule has 0 spiro atoms. The lowest BCUT2D eigenvalue weighted by Gasteiger charge is -2.36. The van der Waals surface area contributed by atoms with Gasteiger partial charge in [0.05, 0.1) is 12.6 Å². The van der Waals surface area contributed by atoms with E-state index < -0.39 is 0 Å². The summed E-state index contributed by atoms with van der Waals surface area (Å²) in [5, 5.41) is 9.73. The number of fused-ring (bicyclic) bond motifs is 1. The summed E-state index contributed by atoms with van der Waals surface area (Å²) in [6.07, 6.45) is 4.74. The Labute approximate surface area is 113 Å². The monoisotopic (exact) mass is 254 g/mol. The summed E-state index contributed by atoms with van der Waals surface area (Å²) in [7, 11) is 0. The average Bonchev–Trinajstić information content (AvgIpc) is 2.48. The predicted octanol–water partition coefficient (Wildman–Crippen LogP) is 2.17. The van der Waals surface area contributed by atoms with Gasteiger partial charge in [-0.1, -0.05) is 30.3 Å². The topological polar surface area (TPSA) is 36.4 Å². The molecule has 1 atom stereocenters. The van der Waals surface area contributed by atoms with Crippen LogP contribution in [0.4, 0.5) is 0 Å². The van der Waals surface area contributed by atoms with Crippen LogP contribution in [-0.4, -0.2) is 28.1 Å². The van der Waals surface area contributed by atoms with Gasteiger partial charge in [-0.05, 0) is 29.2 Å². The van der Waals surface area contributed by atoms with Crippen molar-refractivity contribution in [3.63, 3.8) is 0 Å². The highest BCUT2D eigenvalue weighted by atomic mass is 16.3. The maximum absolute atomic E-state index is 9.73. The Morgan fingerprint density at radius 2 is 2.11 bits per heavy atom. The average molecular weight is 254 g/mol. The Bertz CT molecular complexity index is 541. The van der Waals surface area contributed by atoms with Crippen molar-refractivity contribution in [2.24, 2.45) is 0 Å². The van der Waals surface area contributed by atoms with Gasteiger partial charge in [0.15, 0.2) is 0 Å². The van der Waals surface area contributed by atoms with Gasteiger partial charge in [0, 0.05) is 25.5 Å². The lowest BCUT2D eigenvalue weighted by molar-refractivity contribution is 0.108. The van der Waals surface area contributed by atoms with Crippen molar-refractivity contribution in [3.8, 4) is 0 Å². The number of aliphatic hydroxyl groups is 1. The summed E-state index contributed by atoms with van der Waals surface area (Å²) in [4.78, 5) is 6.49.